The van der Waals surface area contributed by atoms with Gasteiger partial charge in [-0.2, -0.15) is 0 Å². The maximum Gasteiger partial charge on any atom is 0.105 e. The SMILES string of the molecule is CCCOCC(NCC)c1cc(C)oc1C. The minimum absolute atomic E-state index is 0.244. The van der Waals surface area contributed by atoms with Crippen LogP contribution >= 0.6 is 0 Å². The van der Waals surface area contributed by atoms with Crippen molar-refractivity contribution in [1.82, 2.24) is 5.32 Å². The Morgan fingerprint density at radius 1 is 1.38 bits per heavy atom. The van der Waals surface area contributed by atoms with Crippen LogP contribution in [-0.4, -0.2) is 19.8 Å². The van der Waals surface area contributed by atoms with Crippen molar-refractivity contribution in [3.05, 3.63) is 23.2 Å². The molecule has 0 amide bonds. The van der Waals surface area contributed by atoms with Crippen molar-refractivity contribution in [2.45, 2.75) is 40.2 Å². The van der Waals surface area contributed by atoms with Crippen molar-refractivity contribution in [2.75, 3.05) is 19.8 Å². The summed E-state index contributed by atoms with van der Waals surface area (Å²) in [5.41, 5.74) is 1.22. The molecule has 3 heteroatoms. The predicted octanol–water partition coefficient (Wildman–Crippen LogP) is 2.97. The second-order valence-electron chi connectivity index (χ2n) is 4.05. The van der Waals surface area contributed by atoms with Crippen LogP contribution < -0.4 is 5.32 Å². The van der Waals surface area contributed by atoms with Crippen molar-refractivity contribution in [3.8, 4) is 0 Å². The lowest BCUT2D eigenvalue weighted by Crippen LogP contribution is -2.25. The summed E-state index contributed by atoms with van der Waals surface area (Å²) in [6, 6.07) is 2.34. The molecular formula is C13H23NO2. The zero-order chi connectivity index (χ0) is 12.0. The summed E-state index contributed by atoms with van der Waals surface area (Å²) < 4.78 is 11.2. The van der Waals surface area contributed by atoms with E-state index in [4.69, 9.17) is 9.15 Å². The highest BCUT2D eigenvalue weighted by Gasteiger charge is 2.16. The van der Waals surface area contributed by atoms with Crippen LogP contribution in [0.4, 0.5) is 0 Å². The smallest absolute Gasteiger partial charge is 0.105 e. The van der Waals surface area contributed by atoms with Gasteiger partial charge < -0.3 is 14.5 Å². The van der Waals surface area contributed by atoms with Crippen LogP contribution in [0, 0.1) is 13.8 Å². The highest BCUT2D eigenvalue weighted by molar-refractivity contribution is 5.24. The number of rotatable bonds is 7. The van der Waals surface area contributed by atoms with Crippen LogP contribution in [0.5, 0.6) is 0 Å². The van der Waals surface area contributed by atoms with Gasteiger partial charge in [-0.15, -0.1) is 0 Å². The molecule has 92 valence electrons. The molecule has 0 bridgehead atoms. The molecule has 0 saturated heterocycles. The Balaban J connectivity index is 2.64. The molecule has 16 heavy (non-hydrogen) atoms. The summed E-state index contributed by atoms with van der Waals surface area (Å²) >= 11 is 0. The molecule has 1 unspecified atom stereocenters. The second-order valence-corrected chi connectivity index (χ2v) is 4.05. The first-order valence-electron chi connectivity index (χ1n) is 6.07. The van der Waals surface area contributed by atoms with Crippen molar-refractivity contribution < 1.29 is 9.15 Å². The van der Waals surface area contributed by atoms with Gasteiger partial charge in [0.25, 0.3) is 0 Å². The van der Waals surface area contributed by atoms with Crippen molar-refractivity contribution >= 4 is 0 Å². The van der Waals surface area contributed by atoms with Crippen LogP contribution in [0.1, 0.15) is 43.4 Å². The van der Waals surface area contributed by atoms with E-state index in [1.165, 1.54) is 5.56 Å². The van der Waals surface area contributed by atoms with Gasteiger partial charge in [-0.3, -0.25) is 0 Å². The predicted molar refractivity (Wildman–Crippen MR) is 65.7 cm³/mol. The minimum atomic E-state index is 0.244. The van der Waals surface area contributed by atoms with Crippen LogP contribution in [0.2, 0.25) is 0 Å². The van der Waals surface area contributed by atoms with Gasteiger partial charge in [-0.1, -0.05) is 13.8 Å². The molecule has 0 aromatic carbocycles. The fourth-order valence-corrected chi connectivity index (χ4v) is 1.85. The van der Waals surface area contributed by atoms with Crippen LogP contribution in [0.25, 0.3) is 0 Å². The van der Waals surface area contributed by atoms with Crippen LogP contribution in [0.3, 0.4) is 0 Å². The summed E-state index contributed by atoms with van der Waals surface area (Å²) in [5, 5.41) is 3.43. The molecule has 0 aliphatic rings. The first kappa shape index (κ1) is 13.3. The van der Waals surface area contributed by atoms with Crippen LogP contribution in [-0.2, 0) is 4.74 Å². The number of ether oxygens (including phenoxy) is 1. The third-order valence-corrected chi connectivity index (χ3v) is 2.54. The van der Waals surface area contributed by atoms with Gasteiger partial charge in [-0.05, 0) is 32.9 Å². The topological polar surface area (TPSA) is 34.4 Å². The van der Waals surface area contributed by atoms with Gasteiger partial charge in [0.05, 0.1) is 12.6 Å². The molecule has 3 nitrogen and oxygen atoms in total. The number of furan rings is 1. The summed E-state index contributed by atoms with van der Waals surface area (Å²) in [4.78, 5) is 0. The van der Waals surface area contributed by atoms with Crippen molar-refractivity contribution in [1.29, 1.82) is 0 Å². The number of aryl methyl sites for hydroxylation is 2. The molecule has 1 rings (SSSR count). The Morgan fingerprint density at radius 3 is 2.62 bits per heavy atom. The molecule has 1 N–H and O–H groups in total. The maximum atomic E-state index is 5.61. The van der Waals surface area contributed by atoms with Gasteiger partial charge in [0.2, 0.25) is 0 Å². The van der Waals surface area contributed by atoms with E-state index in [1.54, 1.807) is 0 Å². The van der Waals surface area contributed by atoms with Gasteiger partial charge >= 0.3 is 0 Å². The summed E-state index contributed by atoms with van der Waals surface area (Å²) in [6.45, 7) is 10.7. The van der Waals surface area contributed by atoms with Crippen LogP contribution in [0.15, 0.2) is 10.5 Å². The molecule has 1 atom stereocenters. The molecule has 0 aliphatic carbocycles. The van der Waals surface area contributed by atoms with E-state index in [-0.39, 0.29) is 6.04 Å². The maximum absolute atomic E-state index is 5.61. The Kier molecular flexibility index (Phi) is 5.56. The lowest BCUT2D eigenvalue weighted by molar-refractivity contribution is 0.112. The van der Waals surface area contributed by atoms with E-state index < -0.39 is 0 Å². The largest absolute Gasteiger partial charge is 0.466 e. The second kappa shape index (κ2) is 6.71. The summed E-state index contributed by atoms with van der Waals surface area (Å²) in [7, 11) is 0. The summed E-state index contributed by atoms with van der Waals surface area (Å²) in [5.74, 6) is 1.95. The molecule has 1 heterocycles. The lowest BCUT2D eigenvalue weighted by Gasteiger charge is -2.17. The Morgan fingerprint density at radius 2 is 2.12 bits per heavy atom. The van der Waals surface area contributed by atoms with Gasteiger partial charge in [0.15, 0.2) is 0 Å². The normalized spacial score (nSPS) is 13.0. The fraction of sp³-hybridized carbons (Fsp3) is 0.692. The molecule has 0 aliphatic heterocycles. The van der Waals surface area contributed by atoms with Gasteiger partial charge in [0.1, 0.15) is 11.5 Å². The highest BCUT2D eigenvalue weighted by Crippen LogP contribution is 2.21. The first-order valence-corrected chi connectivity index (χ1v) is 6.07. The third kappa shape index (κ3) is 3.65. The molecule has 1 aromatic heterocycles. The molecule has 0 saturated carbocycles. The standard InChI is InChI=1S/C13H23NO2/c1-5-7-15-9-13(14-6-2)12-8-10(3)16-11(12)4/h8,13-14H,5-7,9H2,1-4H3. The average Bonchev–Trinajstić information content (AvgIpc) is 2.57. The monoisotopic (exact) mass is 225 g/mol. The average molecular weight is 225 g/mol. The lowest BCUT2D eigenvalue weighted by atomic mass is 10.1. The van der Waals surface area contributed by atoms with E-state index in [1.807, 2.05) is 13.8 Å². The number of hydrogen-bond acceptors (Lipinski definition) is 3. The molecule has 0 fully saturated rings. The Labute approximate surface area is 98.2 Å². The Hall–Kier alpha value is -0.800. The highest BCUT2D eigenvalue weighted by atomic mass is 16.5. The molecule has 1 aromatic rings. The zero-order valence-electron chi connectivity index (χ0n) is 10.8. The van der Waals surface area contributed by atoms with E-state index >= 15 is 0 Å². The van der Waals surface area contributed by atoms with Gasteiger partial charge in [0, 0.05) is 12.2 Å². The Bertz CT molecular complexity index is 307. The van der Waals surface area contributed by atoms with E-state index in [0.29, 0.717) is 6.61 Å². The molecule has 0 spiro atoms. The number of hydrogen-bond donors (Lipinski definition) is 1. The summed E-state index contributed by atoms with van der Waals surface area (Å²) in [6.07, 6.45) is 1.06. The fourth-order valence-electron chi connectivity index (χ4n) is 1.85. The number of nitrogens with one attached hydrogen (secondary N) is 1. The van der Waals surface area contributed by atoms with E-state index in [9.17, 15) is 0 Å². The van der Waals surface area contributed by atoms with E-state index in [0.717, 1.165) is 31.1 Å². The molecule has 0 radical (unpaired) electrons. The van der Waals surface area contributed by atoms with Crippen molar-refractivity contribution in [2.24, 2.45) is 0 Å². The number of likely N-dealkylation sites (N-methyl/N-ethyl adjacent to an activating group) is 1. The molecular weight excluding hydrogens is 202 g/mol. The first-order chi connectivity index (χ1) is 7.69. The zero-order valence-corrected chi connectivity index (χ0v) is 10.8. The van der Waals surface area contributed by atoms with E-state index in [2.05, 4.69) is 25.2 Å². The minimum Gasteiger partial charge on any atom is -0.466 e. The quantitative estimate of drug-likeness (QED) is 0.724. The van der Waals surface area contributed by atoms with Crippen molar-refractivity contribution in [3.63, 3.8) is 0 Å². The third-order valence-electron chi connectivity index (χ3n) is 2.54. The van der Waals surface area contributed by atoms with Gasteiger partial charge in [-0.25, -0.2) is 0 Å².